The van der Waals surface area contributed by atoms with Crippen LogP contribution in [0.1, 0.15) is 19.5 Å². The summed E-state index contributed by atoms with van der Waals surface area (Å²) in [6.45, 7) is 5.80. The molecule has 0 saturated heterocycles. The summed E-state index contributed by atoms with van der Waals surface area (Å²) in [5, 5.41) is 15.5. The lowest BCUT2D eigenvalue weighted by Crippen LogP contribution is -2.19. The second-order valence-corrected chi connectivity index (χ2v) is 19.4. The normalized spacial score (nSPS) is 13.5. The lowest BCUT2D eigenvalue weighted by molar-refractivity contribution is 0.0808. The van der Waals surface area contributed by atoms with Crippen LogP contribution in [0.15, 0.2) is 30.9 Å². The van der Waals surface area contributed by atoms with Crippen molar-refractivity contribution in [3.05, 3.63) is 36.5 Å². The molecule has 182 valence electrons. The molecule has 3 rings (SSSR count). The van der Waals surface area contributed by atoms with E-state index in [1.165, 1.54) is 0 Å². The van der Waals surface area contributed by atoms with Crippen molar-refractivity contribution >= 4 is 20.1 Å². The molecular formula is C25H38N4O3S. The number of nitrogens with zero attached hydrogens (tertiary/aromatic N) is 4. The lowest BCUT2D eigenvalue weighted by Gasteiger charge is -2.46. The van der Waals surface area contributed by atoms with Gasteiger partial charge in [-0.05, 0) is 56.6 Å². The van der Waals surface area contributed by atoms with Crippen LogP contribution < -0.4 is 0 Å². The molecule has 0 aliphatic carbocycles. The van der Waals surface area contributed by atoms with E-state index >= 15 is 0 Å². The van der Waals surface area contributed by atoms with Crippen molar-refractivity contribution in [1.29, 1.82) is 0 Å². The minimum Gasteiger partial charge on any atom is -0.383 e. The first-order valence-corrected chi connectivity index (χ1v) is 15.4. The zero-order valence-corrected chi connectivity index (χ0v) is 21.8. The smallest absolute Gasteiger partial charge is 0.139 e. The van der Waals surface area contributed by atoms with Crippen LogP contribution in [0.2, 0.25) is 0 Å². The standard InChI is InChI=1S/C25H38N4O3S/c1-25(2,30)9-8-21-14-22-23(18-28(10-11-31-3)24(22)16-26-21)20-15-27-29(17-20)19-32-12-13-33(4,5,6)7/h14-18,30,33H,10-13,19H2,1-7H3. The molecule has 7 nitrogen and oxygen atoms in total. The number of aromatic nitrogens is 4. The number of methoxy groups -OCH3 is 1. The highest BCUT2D eigenvalue weighted by Gasteiger charge is 2.18. The number of hydrogen-bond donors (Lipinski definition) is 2. The average Bonchev–Trinajstić information content (AvgIpc) is 3.30. The predicted octanol–water partition coefficient (Wildman–Crippen LogP) is 3.23. The molecule has 0 bridgehead atoms. The average molecular weight is 475 g/mol. The first-order chi connectivity index (χ1) is 15.3. The molecule has 0 atom stereocenters. The van der Waals surface area contributed by atoms with Crippen molar-refractivity contribution in [3.63, 3.8) is 0 Å². The van der Waals surface area contributed by atoms with E-state index in [9.17, 15) is 5.11 Å². The van der Waals surface area contributed by atoms with Crippen molar-refractivity contribution in [2.75, 3.05) is 51.1 Å². The van der Waals surface area contributed by atoms with E-state index in [0.29, 0.717) is 25.6 Å². The molecule has 0 unspecified atom stereocenters. The van der Waals surface area contributed by atoms with E-state index < -0.39 is 14.8 Å². The quantitative estimate of drug-likeness (QED) is 0.283. The Bertz CT molecular complexity index is 1160. The summed E-state index contributed by atoms with van der Waals surface area (Å²) in [4.78, 5) is 4.48. The molecule has 1 N–H and O–H groups in total. The number of pyridine rings is 1. The van der Waals surface area contributed by atoms with Gasteiger partial charge in [-0.15, -0.1) is 0 Å². The summed E-state index contributed by atoms with van der Waals surface area (Å²) in [5.74, 6) is 6.91. The molecule has 0 spiro atoms. The maximum absolute atomic E-state index is 9.94. The topological polar surface area (TPSA) is 74.3 Å². The van der Waals surface area contributed by atoms with Gasteiger partial charge in [0.05, 0.1) is 31.1 Å². The summed E-state index contributed by atoms with van der Waals surface area (Å²) in [7, 11) is 0.129. The van der Waals surface area contributed by atoms with E-state index in [0.717, 1.165) is 34.4 Å². The molecule has 33 heavy (non-hydrogen) atoms. The number of ether oxygens (including phenoxy) is 2. The molecule has 0 radical (unpaired) electrons. The molecule has 0 saturated carbocycles. The van der Waals surface area contributed by atoms with Crippen LogP contribution in [0.3, 0.4) is 0 Å². The van der Waals surface area contributed by atoms with Gasteiger partial charge in [0.2, 0.25) is 0 Å². The minimum atomic E-state index is -1.57. The molecule has 0 aliphatic rings. The van der Waals surface area contributed by atoms with Gasteiger partial charge in [0.25, 0.3) is 0 Å². The third kappa shape index (κ3) is 7.61. The minimum absolute atomic E-state index is 0.429. The maximum Gasteiger partial charge on any atom is 0.139 e. The lowest BCUT2D eigenvalue weighted by atomic mass is 10.1. The monoisotopic (exact) mass is 474 g/mol. The highest BCUT2D eigenvalue weighted by atomic mass is 32.3. The van der Waals surface area contributed by atoms with E-state index in [-0.39, 0.29) is 0 Å². The molecule has 0 aromatic carbocycles. The molecule has 3 aromatic rings. The van der Waals surface area contributed by atoms with Gasteiger partial charge < -0.3 is 19.1 Å². The largest absolute Gasteiger partial charge is 0.383 e. The Labute approximate surface area is 197 Å². The van der Waals surface area contributed by atoms with Gasteiger partial charge in [0.15, 0.2) is 0 Å². The van der Waals surface area contributed by atoms with Crippen LogP contribution in [0.25, 0.3) is 22.0 Å². The molecule has 0 amide bonds. The molecule has 8 heteroatoms. The number of fused-ring (bicyclic) bond motifs is 1. The zero-order chi connectivity index (χ0) is 24.3. The fourth-order valence-corrected chi connectivity index (χ4v) is 4.10. The predicted molar refractivity (Wildman–Crippen MR) is 140 cm³/mol. The Morgan fingerprint density at radius 2 is 1.88 bits per heavy atom. The van der Waals surface area contributed by atoms with Crippen molar-refractivity contribution in [2.24, 2.45) is 0 Å². The summed E-state index contributed by atoms with van der Waals surface area (Å²) in [6, 6.07) is 1.97. The van der Waals surface area contributed by atoms with Crippen LogP contribution in [-0.4, -0.2) is 81.1 Å². The van der Waals surface area contributed by atoms with Gasteiger partial charge in [0.1, 0.15) is 18.0 Å². The number of rotatable bonds is 9. The third-order valence-corrected chi connectivity index (χ3v) is 7.07. The molecule has 3 heterocycles. The van der Waals surface area contributed by atoms with Gasteiger partial charge in [-0.25, -0.2) is 9.67 Å². The number of hydrogen-bond acceptors (Lipinski definition) is 5. The van der Waals surface area contributed by atoms with Gasteiger partial charge in [-0.1, -0.05) is 5.92 Å². The van der Waals surface area contributed by atoms with Crippen LogP contribution >= 0.6 is 9.16 Å². The first-order valence-electron chi connectivity index (χ1n) is 11.1. The summed E-state index contributed by atoms with van der Waals surface area (Å²) in [6.07, 6.45) is 17.2. The zero-order valence-electron chi connectivity index (χ0n) is 20.9. The van der Waals surface area contributed by atoms with Crippen molar-refractivity contribution < 1.29 is 14.6 Å². The van der Waals surface area contributed by atoms with Crippen LogP contribution in [0.5, 0.6) is 0 Å². The van der Waals surface area contributed by atoms with Gasteiger partial charge in [-0.2, -0.15) is 5.10 Å². The van der Waals surface area contributed by atoms with Gasteiger partial charge in [0, 0.05) is 42.6 Å². The van der Waals surface area contributed by atoms with Crippen LogP contribution in [0, 0.1) is 11.8 Å². The fourth-order valence-electron chi connectivity index (χ4n) is 3.24. The first kappa shape index (κ1) is 25.3. The third-order valence-electron chi connectivity index (χ3n) is 5.10. The highest BCUT2D eigenvalue weighted by molar-refractivity contribution is 8.47. The summed E-state index contributed by atoms with van der Waals surface area (Å²) in [5.41, 5.74) is 2.60. The van der Waals surface area contributed by atoms with Crippen molar-refractivity contribution in [3.8, 4) is 23.0 Å². The second kappa shape index (κ2) is 9.51. The Kier molecular flexibility index (Phi) is 7.30. The fraction of sp³-hybridized carbons (Fsp3) is 0.520. The Hall–Kier alpha value is -2.31. The highest BCUT2D eigenvalue weighted by Crippen LogP contribution is 2.54. The molecule has 0 aliphatic heterocycles. The van der Waals surface area contributed by atoms with E-state index in [2.05, 4.69) is 57.7 Å². The molecular weight excluding hydrogens is 436 g/mol. The Balaban J connectivity index is 1.87. The van der Waals surface area contributed by atoms with Crippen LogP contribution in [-0.2, 0) is 22.7 Å². The molecule has 0 fully saturated rings. The Morgan fingerprint density at radius 3 is 2.55 bits per heavy atom. The second-order valence-electron chi connectivity index (χ2n) is 11.1. The molecule has 3 aromatic heterocycles. The maximum atomic E-state index is 9.94. The Morgan fingerprint density at radius 1 is 1.12 bits per heavy atom. The van der Waals surface area contributed by atoms with E-state index in [4.69, 9.17) is 9.47 Å². The van der Waals surface area contributed by atoms with Gasteiger partial charge >= 0.3 is 0 Å². The van der Waals surface area contributed by atoms with Crippen molar-refractivity contribution in [1.82, 2.24) is 19.3 Å². The van der Waals surface area contributed by atoms with Crippen LogP contribution in [0.4, 0.5) is 0 Å². The SMILES string of the molecule is COCCn1cc(-c2cnn(COCC[SH](C)(C)(C)C)c2)c2cc(C#CC(C)(C)O)ncc21. The van der Waals surface area contributed by atoms with E-state index in [1.54, 1.807) is 21.0 Å². The van der Waals surface area contributed by atoms with Gasteiger partial charge in [-0.3, -0.25) is 9.16 Å². The van der Waals surface area contributed by atoms with Crippen molar-refractivity contribution in [2.45, 2.75) is 32.7 Å². The number of aliphatic hydroxyl groups is 1. The summed E-state index contributed by atoms with van der Waals surface area (Å²) < 4.78 is 15.1. The summed E-state index contributed by atoms with van der Waals surface area (Å²) >= 11 is 0. The number of thiol groups is 1. The van der Waals surface area contributed by atoms with E-state index in [1.807, 2.05) is 29.3 Å².